The summed E-state index contributed by atoms with van der Waals surface area (Å²) in [5.74, 6) is -1.19. The SMILES string of the molecule is CC(OCc1ccccc1)C(=O)NCC1(C(=O)O)CCOCC1. The Bertz CT molecular complexity index is 525. The van der Waals surface area contributed by atoms with Gasteiger partial charge in [0.1, 0.15) is 6.10 Å². The van der Waals surface area contributed by atoms with Gasteiger partial charge in [-0.1, -0.05) is 30.3 Å². The van der Waals surface area contributed by atoms with Crippen LogP contribution >= 0.6 is 0 Å². The second-order valence-electron chi connectivity index (χ2n) is 5.85. The first-order chi connectivity index (χ1) is 11.0. The number of ether oxygens (including phenoxy) is 2. The Balaban J connectivity index is 1.82. The van der Waals surface area contributed by atoms with E-state index < -0.39 is 17.5 Å². The fourth-order valence-electron chi connectivity index (χ4n) is 2.50. The van der Waals surface area contributed by atoms with Crippen molar-refractivity contribution < 1.29 is 24.2 Å². The second kappa shape index (κ2) is 8.08. The molecule has 0 spiro atoms. The van der Waals surface area contributed by atoms with Crippen molar-refractivity contribution in [2.24, 2.45) is 5.41 Å². The summed E-state index contributed by atoms with van der Waals surface area (Å²) in [4.78, 5) is 23.6. The molecule has 1 atom stereocenters. The predicted octanol–water partition coefficient (Wildman–Crippen LogP) is 1.59. The molecule has 2 rings (SSSR count). The lowest BCUT2D eigenvalue weighted by Crippen LogP contribution is -2.48. The van der Waals surface area contributed by atoms with Gasteiger partial charge in [-0.25, -0.2) is 0 Å². The van der Waals surface area contributed by atoms with E-state index in [1.54, 1.807) is 6.92 Å². The van der Waals surface area contributed by atoms with Gasteiger partial charge >= 0.3 is 5.97 Å². The van der Waals surface area contributed by atoms with Crippen molar-refractivity contribution >= 4 is 11.9 Å². The molecule has 0 saturated carbocycles. The average Bonchev–Trinajstić information content (AvgIpc) is 2.59. The number of hydrogen-bond acceptors (Lipinski definition) is 4. The molecular formula is C17H23NO5. The monoisotopic (exact) mass is 321 g/mol. The molecule has 1 aliphatic rings. The Kier molecular flexibility index (Phi) is 6.12. The molecule has 1 heterocycles. The van der Waals surface area contributed by atoms with Crippen LogP contribution in [0.2, 0.25) is 0 Å². The van der Waals surface area contributed by atoms with Crippen LogP contribution in [0.4, 0.5) is 0 Å². The molecule has 126 valence electrons. The Morgan fingerprint density at radius 1 is 1.30 bits per heavy atom. The van der Waals surface area contributed by atoms with E-state index in [9.17, 15) is 14.7 Å². The summed E-state index contributed by atoms with van der Waals surface area (Å²) in [6, 6.07) is 9.58. The number of hydrogen-bond donors (Lipinski definition) is 2. The van der Waals surface area contributed by atoms with Crippen molar-refractivity contribution in [3.05, 3.63) is 35.9 Å². The normalized spacial score (nSPS) is 18.1. The van der Waals surface area contributed by atoms with Crippen molar-refractivity contribution in [2.75, 3.05) is 19.8 Å². The van der Waals surface area contributed by atoms with Crippen molar-refractivity contribution in [1.82, 2.24) is 5.32 Å². The fraction of sp³-hybridized carbons (Fsp3) is 0.529. The van der Waals surface area contributed by atoms with Crippen LogP contribution < -0.4 is 5.32 Å². The van der Waals surface area contributed by atoms with Crippen LogP contribution in [-0.2, 0) is 25.7 Å². The number of aliphatic carboxylic acids is 1. The molecular weight excluding hydrogens is 298 g/mol. The Hall–Kier alpha value is -1.92. The highest BCUT2D eigenvalue weighted by atomic mass is 16.5. The van der Waals surface area contributed by atoms with Gasteiger partial charge in [-0.2, -0.15) is 0 Å². The van der Waals surface area contributed by atoms with E-state index >= 15 is 0 Å². The van der Waals surface area contributed by atoms with Crippen LogP contribution in [0, 0.1) is 5.41 Å². The minimum atomic E-state index is -0.937. The summed E-state index contributed by atoms with van der Waals surface area (Å²) in [6.07, 6.45) is 0.171. The number of carbonyl (C=O) groups is 2. The standard InChI is InChI=1S/C17H23NO5/c1-13(23-11-14-5-3-2-4-6-14)15(19)18-12-17(16(20)21)7-9-22-10-8-17/h2-6,13H,7-12H2,1H3,(H,18,19)(H,20,21). The van der Waals surface area contributed by atoms with Gasteiger partial charge in [0.2, 0.25) is 5.91 Å². The van der Waals surface area contributed by atoms with Crippen LogP contribution in [0.1, 0.15) is 25.3 Å². The molecule has 1 amide bonds. The largest absolute Gasteiger partial charge is 0.481 e. The van der Waals surface area contributed by atoms with Gasteiger partial charge in [-0.3, -0.25) is 9.59 Å². The summed E-state index contributed by atoms with van der Waals surface area (Å²) in [6.45, 7) is 2.91. The fourth-order valence-corrected chi connectivity index (χ4v) is 2.50. The first kappa shape index (κ1) is 17.4. The molecule has 6 heteroatoms. The molecule has 1 fully saturated rings. The lowest BCUT2D eigenvalue weighted by Gasteiger charge is -2.33. The lowest BCUT2D eigenvalue weighted by molar-refractivity contribution is -0.155. The molecule has 1 unspecified atom stereocenters. The number of rotatable bonds is 7. The maximum atomic E-state index is 12.1. The van der Waals surface area contributed by atoms with E-state index in [2.05, 4.69) is 5.32 Å². The summed E-state index contributed by atoms with van der Waals surface area (Å²) < 4.78 is 10.8. The number of amides is 1. The van der Waals surface area contributed by atoms with Gasteiger partial charge in [-0.15, -0.1) is 0 Å². The van der Waals surface area contributed by atoms with E-state index in [1.165, 1.54) is 0 Å². The molecule has 1 saturated heterocycles. The Morgan fingerprint density at radius 3 is 2.57 bits per heavy atom. The zero-order chi connectivity index (χ0) is 16.7. The first-order valence-corrected chi connectivity index (χ1v) is 7.78. The van der Waals surface area contributed by atoms with Gasteiger partial charge in [0, 0.05) is 19.8 Å². The van der Waals surface area contributed by atoms with Crippen molar-refractivity contribution in [1.29, 1.82) is 0 Å². The average molecular weight is 321 g/mol. The van der Waals surface area contributed by atoms with Crippen molar-refractivity contribution in [3.8, 4) is 0 Å². The molecule has 0 aromatic heterocycles. The molecule has 0 aliphatic carbocycles. The quantitative estimate of drug-likeness (QED) is 0.796. The predicted molar refractivity (Wildman–Crippen MR) is 83.8 cm³/mol. The third-order valence-corrected chi connectivity index (χ3v) is 4.22. The number of nitrogens with one attached hydrogen (secondary N) is 1. The zero-order valence-corrected chi connectivity index (χ0v) is 13.3. The molecule has 0 radical (unpaired) electrons. The first-order valence-electron chi connectivity index (χ1n) is 7.78. The molecule has 1 aromatic rings. The summed E-state index contributed by atoms with van der Waals surface area (Å²) in [5, 5.41) is 12.2. The maximum Gasteiger partial charge on any atom is 0.311 e. The lowest BCUT2D eigenvalue weighted by atomic mass is 9.80. The van der Waals surface area contributed by atoms with Crippen LogP contribution in [-0.4, -0.2) is 42.8 Å². The molecule has 23 heavy (non-hydrogen) atoms. The van der Waals surface area contributed by atoms with Crippen molar-refractivity contribution in [2.45, 2.75) is 32.5 Å². The van der Waals surface area contributed by atoms with E-state index in [0.717, 1.165) is 5.56 Å². The molecule has 1 aromatic carbocycles. The van der Waals surface area contributed by atoms with Gasteiger partial charge in [0.25, 0.3) is 0 Å². The molecule has 0 bridgehead atoms. The molecule has 2 N–H and O–H groups in total. The van der Waals surface area contributed by atoms with Crippen LogP contribution in [0.3, 0.4) is 0 Å². The van der Waals surface area contributed by atoms with E-state index in [-0.39, 0.29) is 12.5 Å². The molecule has 6 nitrogen and oxygen atoms in total. The third-order valence-electron chi connectivity index (χ3n) is 4.22. The highest BCUT2D eigenvalue weighted by Gasteiger charge is 2.40. The zero-order valence-electron chi connectivity index (χ0n) is 13.3. The van der Waals surface area contributed by atoms with Gasteiger partial charge in [0.15, 0.2) is 0 Å². The van der Waals surface area contributed by atoms with Gasteiger partial charge in [0.05, 0.1) is 12.0 Å². The smallest absolute Gasteiger partial charge is 0.311 e. The summed E-state index contributed by atoms with van der Waals surface area (Å²) >= 11 is 0. The topological polar surface area (TPSA) is 84.9 Å². The number of carbonyl (C=O) groups excluding carboxylic acids is 1. The van der Waals surface area contributed by atoms with Crippen LogP contribution in [0.25, 0.3) is 0 Å². The van der Waals surface area contributed by atoms with Crippen LogP contribution in [0.15, 0.2) is 30.3 Å². The number of carboxylic acid groups (broad SMARTS) is 1. The minimum Gasteiger partial charge on any atom is -0.481 e. The number of carboxylic acids is 1. The van der Waals surface area contributed by atoms with E-state index in [0.29, 0.717) is 32.7 Å². The number of benzene rings is 1. The molecule has 1 aliphatic heterocycles. The van der Waals surface area contributed by atoms with Gasteiger partial charge in [-0.05, 0) is 25.3 Å². The Morgan fingerprint density at radius 2 is 1.96 bits per heavy atom. The summed E-state index contributed by atoms with van der Waals surface area (Å²) in [7, 11) is 0. The summed E-state index contributed by atoms with van der Waals surface area (Å²) in [5.41, 5.74) is 0.0474. The Labute approximate surface area is 135 Å². The van der Waals surface area contributed by atoms with Crippen LogP contribution in [0.5, 0.6) is 0 Å². The van der Waals surface area contributed by atoms with E-state index in [1.807, 2.05) is 30.3 Å². The highest BCUT2D eigenvalue weighted by molar-refractivity contribution is 5.82. The van der Waals surface area contributed by atoms with E-state index in [4.69, 9.17) is 9.47 Å². The minimum absolute atomic E-state index is 0.101. The van der Waals surface area contributed by atoms with Gasteiger partial charge < -0.3 is 19.9 Å². The third kappa shape index (κ3) is 4.77. The second-order valence-corrected chi connectivity index (χ2v) is 5.85. The highest BCUT2D eigenvalue weighted by Crippen LogP contribution is 2.30. The van der Waals surface area contributed by atoms with Crippen molar-refractivity contribution in [3.63, 3.8) is 0 Å². The maximum absolute atomic E-state index is 12.1.